The van der Waals surface area contributed by atoms with Gasteiger partial charge < -0.3 is 18.9 Å². The van der Waals surface area contributed by atoms with Crippen LogP contribution in [0.2, 0.25) is 0 Å². The van der Waals surface area contributed by atoms with Gasteiger partial charge in [0.1, 0.15) is 16.4 Å². The Labute approximate surface area is 183 Å². The van der Waals surface area contributed by atoms with Gasteiger partial charge in [0.05, 0.1) is 13.2 Å². The number of benzene rings is 2. The highest BCUT2D eigenvalue weighted by Crippen LogP contribution is 2.34. The first-order chi connectivity index (χ1) is 15.0. The molecule has 0 amide bonds. The first-order valence-electron chi connectivity index (χ1n) is 10.5. The fraction of sp³-hybridized carbons (Fsp3) is 0.455. The second-order valence-corrected chi connectivity index (χ2v) is 9.25. The number of sulfonamides is 1. The van der Waals surface area contributed by atoms with Gasteiger partial charge in [-0.1, -0.05) is 6.07 Å². The topological polar surface area (TPSA) is 77.5 Å². The Morgan fingerprint density at radius 2 is 1.65 bits per heavy atom. The van der Waals surface area contributed by atoms with Crippen LogP contribution in [0.3, 0.4) is 0 Å². The van der Waals surface area contributed by atoms with Crippen molar-refractivity contribution in [2.75, 3.05) is 46.2 Å². The minimum absolute atomic E-state index is 0.157. The Morgan fingerprint density at radius 3 is 2.39 bits per heavy atom. The minimum Gasteiger partial charge on any atom is -0.494 e. The first kappa shape index (κ1) is 21.7. The minimum atomic E-state index is -3.69. The van der Waals surface area contributed by atoms with Crippen molar-refractivity contribution in [1.82, 2.24) is 9.21 Å². The summed E-state index contributed by atoms with van der Waals surface area (Å²) in [6, 6.07) is 10.9. The first-order valence-corrected chi connectivity index (χ1v) is 12.0. The smallest absolute Gasteiger partial charge is 0.246 e. The molecule has 4 rings (SSSR count). The van der Waals surface area contributed by atoms with Gasteiger partial charge in [0.15, 0.2) is 11.5 Å². The molecule has 2 aliphatic rings. The van der Waals surface area contributed by atoms with Gasteiger partial charge in [-0.05, 0) is 43.7 Å². The Balaban J connectivity index is 1.44. The number of nitrogens with zero attached hydrogens (tertiary/aromatic N) is 2. The van der Waals surface area contributed by atoms with Crippen molar-refractivity contribution in [1.29, 1.82) is 0 Å². The summed E-state index contributed by atoms with van der Waals surface area (Å²) in [4.78, 5) is 2.40. The standard InChI is InChI=1S/C22H28N2O6S/c1-3-27-18-6-8-20(28-4-2)22(14-18)31(25,26)24-11-9-23(10-12-24)15-17-5-7-19-21(13-17)30-16-29-19/h5-8,13-14H,3-4,9-12,15-16H2,1-2H3. The lowest BCUT2D eigenvalue weighted by Gasteiger charge is -2.34. The fourth-order valence-corrected chi connectivity index (χ4v) is 5.35. The molecule has 0 bridgehead atoms. The van der Waals surface area contributed by atoms with E-state index in [1.165, 1.54) is 4.31 Å². The third-order valence-electron chi connectivity index (χ3n) is 5.32. The molecule has 0 N–H and O–H groups in total. The number of fused-ring (bicyclic) bond motifs is 1. The Kier molecular flexibility index (Phi) is 6.54. The summed E-state index contributed by atoms with van der Waals surface area (Å²) in [5, 5.41) is 0. The van der Waals surface area contributed by atoms with Crippen molar-refractivity contribution in [3.05, 3.63) is 42.0 Å². The summed E-state index contributed by atoms with van der Waals surface area (Å²) in [7, 11) is -3.69. The SMILES string of the molecule is CCOc1ccc(OCC)c(S(=O)(=O)N2CCN(Cc3ccc4c(c3)OCO4)CC2)c1. The third-order valence-corrected chi connectivity index (χ3v) is 7.24. The van der Waals surface area contributed by atoms with E-state index in [4.69, 9.17) is 18.9 Å². The molecule has 0 aliphatic carbocycles. The highest BCUT2D eigenvalue weighted by Gasteiger charge is 2.31. The van der Waals surface area contributed by atoms with Crippen LogP contribution in [0.1, 0.15) is 19.4 Å². The molecular weight excluding hydrogens is 420 g/mol. The van der Waals surface area contributed by atoms with E-state index in [9.17, 15) is 8.42 Å². The molecule has 0 radical (unpaired) electrons. The molecule has 1 fully saturated rings. The number of hydrogen-bond donors (Lipinski definition) is 0. The molecule has 0 aromatic heterocycles. The summed E-state index contributed by atoms with van der Waals surface area (Å²) in [5.41, 5.74) is 1.11. The van der Waals surface area contributed by atoms with E-state index >= 15 is 0 Å². The molecule has 2 aromatic carbocycles. The molecule has 0 unspecified atom stereocenters. The van der Waals surface area contributed by atoms with E-state index in [1.807, 2.05) is 32.0 Å². The molecule has 2 heterocycles. The second-order valence-electron chi connectivity index (χ2n) is 7.34. The van der Waals surface area contributed by atoms with Gasteiger partial charge >= 0.3 is 0 Å². The van der Waals surface area contributed by atoms with E-state index < -0.39 is 10.0 Å². The maximum absolute atomic E-state index is 13.4. The molecule has 0 atom stereocenters. The van der Waals surface area contributed by atoms with Crippen molar-refractivity contribution < 1.29 is 27.4 Å². The predicted molar refractivity (Wildman–Crippen MR) is 115 cm³/mol. The van der Waals surface area contributed by atoms with Crippen LogP contribution in [0, 0.1) is 0 Å². The molecule has 0 spiro atoms. The highest BCUT2D eigenvalue weighted by molar-refractivity contribution is 7.89. The quantitative estimate of drug-likeness (QED) is 0.614. The van der Waals surface area contributed by atoms with Gasteiger partial charge in [0, 0.05) is 38.8 Å². The maximum atomic E-state index is 13.4. The number of ether oxygens (including phenoxy) is 4. The summed E-state index contributed by atoms with van der Waals surface area (Å²) in [6.45, 7) is 7.65. The molecule has 1 saturated heterocycles. The van der Waals surface area contributed by atoms with Crippen molar-refractivity contribution in [2.24, 2.45) is 0 Å². The molecule has 168 valence electrons. The van der Waals surface area contributed by atoms with Gasteiger partial charge in [0.25, 0.3) is 0 Å². The number of hydrogen-bond acceptors (Lipinski definition) is 7. The highest BCUT2D eigenvalue weighted by atomic mass is 32.2. The van der Waals surface area contributed by atoms with E-state index in [-0.39, 0.29) is 11.7 Å². The van der Waals surface area contributed by atoms with Crippen molar-refractivity contribution in [3.8, 4) is 23.0 Å². The molecule has 8 nitrogen and oxygen atoms in total. The fourth-order valence-electron chi connectivity index (χ4n) is 3.79. The van der Waals surface area contributed by atoms with Crippen molar-refractivity contribution in [3.63, 3.8) is 0 Å². The van der Waals surface area contributed by atoms with Crippen LogP contribution in [0.5, 0.6) is 23.0 Å². The average molecular weight is 449 g/mol. The largest absolute Gasteiger partial charge is 0.494 e. The lowest BCUT2D eigenvalue weighted by molar-refractivity contribution is 0.173. The van der Waals surface area contributed by atoms with E-state index in [0.29, 0.717) is 50.9 Å². The van der Waals surface area contributed by atoms with Gasteiger partial charge in [-0.25, -0.2) is 8.42 Å². The summed E-state index contributed by atoms with van der Waals surface area (Å²) < 4.78 is 50.2. The third kappa shape index (κ3) is 4.73. The zero-order valence-corrected chi connectivity index (χ0v) is 18.7. The van der Waals surface area contributed by atoms with Crippen LogP contribution in [0.15, 0.2) is 41.3 Å². The molecule has 2 aromatic rings. The lowest BCUT2D eigenvalue weighted by Crippen LogP contribution is -2.48. The molecule has 0 saturated carbocycles. The van der Waals surface area contributed by atoms with Crippen LogP contribution < -0.4 is 18.9 Å². The van der Waals surface area contributed by atoms with Crippen LogP contribution in [-0.4, -0.2) is 63.8 Å². The summed E-state index contributed by atoms with van der Waals surface area (Å²) >= 11 is 0. The summed E-state index contributed by atoms with van der Waals surface area (Å²) in [5.74, 6) is 2.40. The summed E-state index contributed by atoms with van der Waals surface area (Å²) in [6.07, 6.45) is 0. The number of rotatable bonds is 8. The Morgan fingerprint density at radius 1 is 0.903 bits per heavy atom. The van der Waals surface area contributed by atoms with Gasteiger partial charge in [-0.15, -0.1) is 0 Å². The van der Waals surface area contributed by atoms with Gasteiger partial charge in [-0.2, -0.15) is 4.31 Å². The van der Waals surface area contributed by atoms with Gasteiger partial charge in [-0.3, -0.25) is 4.90 Å². The van der Waals surface area contributed by atoms with E-state index in [1.54, 1.807) is 18.2 Å². The maximum Gasteiger partial charge on any atom is 0.246 e. The Hall–Kier alpha value is -2.49. The molecule has 9 heteroatoms. The van der Waals surface area contributed by atoms with Crippen LogP contribution in [0.25, 0.3) is 0 Å². The van der Waals surface area contributed by atoms with E-state index in [2.05, 4.69) is 4.90 Å². The van der Waals surface area contributed by atoms with Crippen LogP contribution in [0.4, 0.5) is 0 Å². The van der Waals surface area contributed by atoms with Crippen LogP contribution in [-0.2, 0) is 16.6 Å². The van der Waals surface area contributed by atoms with E-state index in [0.717, 1.165) is 23.6 Å². The zero-order valence-electron chi connectivity index (χ0n) is 17.9. The monoisotopic (exact) mass is 448 g/mol. The lowest BCUT2D eigenvalue weighted by atomic mass is 10.2. The number of piperazine rings is 1. The second kappa shape index (κ2) is 9.33. The molecule has 2 aliphatic heterocycles. The molecule has 31 heavy (non-hydrogen) atoms. The van der Waals surface area contributed by atoms with Crippen molar-refractivity contribution >= 4 is 10.0 Å². The average Bonchev–Trinajstić information content (AvgIpc) is 3.23. The predicted octanol–water partition coefficient (Wildman–Crippen LogP) is 2.72. The van der Waals surface area contributed by atoms with Crippen molar-refractivity contribution in [2.45, 2.75) is 25.3 Å². The zero-order chi connectivity index (χ0) is 21.8. The van der Waals surface area contributed by atoms with Gasteiger partial charge in [0.2, 0.25) is 16.8 Å². The Bertz CT molecular complexity index is 1020. The normalized spacial score (nSPS) is 17.0. The molecular formula is C22H28N2O6S. The van der Waals surface area contributed by atoms with Crippen LogP contribution >= 0.6 is 0 Å².